The lowest BCUT2D eigenvalue weighted by atomic mass is 9.77. The largest absolute Gasteiger partial charge is 0.423 e. The van der Waals surface area contributed by atoms with E-state index in [1.807, 2.05) is 24.3 Å². The number of hydrogen-bond acceptors (Lipinski definition) is 5. The third kappa shape index (κ3) is 4.08. The Labute approximate surface area is 199 Å². The number of benzene rings is 3. The standard InChI is InChI=1S/C25H18Cl2N2O4/c26-15-6-10-20(22(27)12-15)25(30)33-17-9-11-23-21(13-17)18-2-1-3-19(18)24(28-23)14-4-7-16(8-5-14)29(31)32/h1-2,4-13,18-19,24,28H,3H2/t18-,19-,24-/m0/s1. The van der Waals surface area contributed by atoms with Crippen LogP contribution in [0.1, 0.15) is 39.9 Å². The molecule has 166 valence electrons. The maximum atomic E-state index is 12.6. The van der Waals surface area contributed by atoms with Gasteiger partial charge < -0.3 is 10.1 Å². The summed E-state index contributed by atoms with van der Waals surface area (Å²) in [5.74, 6) is 0.261. The van der Waals surface area contributed by atoms with Crippen molar-refractivity contribution in [2.24, 2.45) is 5.92 Å². The van der Waals surface area contributed by atoms with Gasteiger partial charge in [-0.15, -0.1) is 0 Å². The van der Waals surface area contributed by atoms with Crippen molar-refractivity contribution in [1.82, 2.24) is 0 Å². The third-order valence-electron chi connectivity index (χ3n) is 6.16. The molecule has 6 nitrogen and oxygen atoms in total. The fraction of sp³-hybridized carbons (Fsp3) is 0.160. The van der Waals surface area contributed by atoms with Crippen LogP contribution in [0.2, 0.25) is 10.0 Å². The number of hydrogen-bond donors (Lipinski definition) is 1. The van der Waals surface area contributed by atoms with Crippen LogP contribution in [-0.4, -0.2) is 10.9 Å². The van der Waals surface area contributed by atoms with E-state index in [9.17, 15) is 14.9 Å². The van der Waals surface area contributed by atoms with E-state index in [0.29, 0.717) is 10.8 Å². The van der Waals surface area contributed by atoms with Crippen molar-refractivity contribution in [3.63, 3.8) is 0 Å². The number of esters is 1. The number of anilines is 1. The van der Waals surface area contributed by atoms with Crippen LogP contribution in [0.25, 0.3) is 0 Å². The molecule has 8 heteroatoms. The molecule has 0 amide bonds. The zero-order chi connectivity index (χ0) is 23.1. The topological polar surface area (TPSA) is 81.5 Å². The fourth-order valence-electron chi connectivity index (χ4n) is 4.59. The van der Waals surface area contributed by atoms with Gasteiger partial charge in [0.2, 0.25) is 0 Å². The molecule has 0 unspecified atom stereocenters. The van der Waals surface area contributed by atoms with Gasteiger partial charge in [0.05, 0.1) is 21.6 Å². The number of nitro benzene ring substituents is 1. The first kappa shape index (κ1) is 21.5. The van der Waals surface area contributed by atoms with Crippen molar-refractivity contribution >= 4 is 40.5 Å². The Balaban J connectivity index is 1.41. The van der Waals surface area contributed by atoms with Crippen molar-refractivity contribution in [2.45, 2.75) is 18.4 Å². The van der Waals surface area contributed by atoms with Crippen LogP contribution in [0.4, 0.5) is 11.4 Å². The Morgan fingerprint density at radius 3 is 2.58 bits per heavy atom. The number of carbonyl (C=O) groups is 1. The minimum Gasteiger partial charge on any atom is -0.423 e. The fourth-order valence-corrected chi connectivity index (χ4v) is 5.07. The van der Waals surface area contributed by atoms with Gasteiger partial charge >= 0.3 is 5.97 Å². The summed E-state index contributed by atoms with van der Waals surface area (Å²) in [5.41, 5.74) is 3.30. The van der Waals surface area contributed by atoms with Crippen LogP contribution in [-0.2, 0) is 0 Å². The lowest BCUT2D eigenvalue weighted by molar-refractivity contribution is -0.384. The number of fused-ring (bicyclic) bond motifs is 3. The Morgan fingerprint density at radius 1 is 1.06 bits per heavy atom. The van der Waals surface area contributed by atoms with Crippen LogP contribution in [0.3, 0.4) is 0 Å². The quantitative estimate of drug-likeness (QED) is 0.143. The van der Waals surface area contributed by atoms with E-state index >= 15 is 0 Å². The maximum absolute atomic E-state index is 12.6. The molecule has 0 saturated heterocycles. The molecule has 3 atom stereocenters. The molecule has 5 rings (SSSR count). The normalized spacial score (nSPS) is 20.5. The van der Waals surface area contributed by atoms with Crippen molar-refractivity contribution < 1.29 is 14.5 Å². The van der Waals surface area contributed by atoms with Crippen molar-refractivity contribution in [2.75, 3.05) is 5.32 Å². The monoisotopic (exact) mass is 480 g/mol. The van der Waals surface area contributed by atoms with Crippen molar-refractivity contribution in [3.8, 4) is 5.75 Å². The molecule has 2 aliphatic rings. The number of halogens is 2. The number of non-ortho nitro benzene ring substituents is 1. The minimum atomic E-state index is -0.553. The van der Waals surface area contributed by atoms with Crippen LogP contribution in [0.15, 0.2) is 72.8 Å². The summed E-state index contributed by atoms with van der Waals surface area (Å²) in [6, 6.07) is 16.8. The molecule has 0 fully saturated rings. The number of nitro groups is 1. The predicted molar refractivity (Wildman–Crippen MR) is 127 cm³/mol. The highest BCUT2D eigenvalue weighted by Gasteiger charge is 2.38. The zero-order valence-electron chi connectivity index (χ0n) is 17.2. The van der Waals surface area contributed by atoms with E-state index < -0.39 is 10.9 Å². The molecule has 1 aliphatic heterocycles. The van der Waals surface area contributed by atoms with Crippen LogP contribution < -0.4 is 10.1 Å². The molecule has 0 saturated carbocycles. The van der Waals surface area contributed by atoms with E-state index in [2.05, 4.69) is 17.5 Å². The maximum Gasteiger partial charge on any atom is 0.345 e. The first-order chi connectivity index (χ1) is 15.9. The number of allylic oxidation sites excluding steroid dienone is 2. The summed E-state index contributed by atoms with van der Waals surface area (Å²) in [6.07, 6.45) is 5.20. The molecule has 1 N–H and O–H groups in total. The molecule has 3 aromatic rings. The summed E-state index contributed by atoms with van der Waals surface area (Å²) in [6.45, 7) is 0. The molecule has 0 aromatic heterocycles. The Hall–Kier alpha value is -3.35. The number of ether oxygens (including phenoxy) is 1. The van der Waals surface area contributed by atoms with Crippen molar-refractivity contribution in [1.29, 1.82) is 0 Å². The summed E-state index contributed by atoms with van der Waals surface area (Å²) in [7, 11) is 0. The Kier molecular flexibility index (Phi) is 5.56. The smallest absolute Gasteiger partial charge is 0.345 e. The Morgan fingerprint density at radius 2 is 1.85 bits per heavy atom. The van der Waals surface area contributed by atoms with E-state index in [4.69, 9.17) is 27.9 Å². The van der Waals surface area contributed by atoms with E-state index in [0.717, 1.165) is 23.2 Å². The Bertz CT molecular complexity index is 1290. The highest BCUT2D eigenvalue weighted by atomic mass is 35.5. The number of carbonyl (C=O) groups excluding carboxylic acids is 1. The molecule has 0 radical (unpaired) electrons. The number of nitrogens with zero attached hydrogens (tertiary/aromatic N) is 1. The highest BCUT2D eigenvalue weighted by molar-refractivity contribution is 6.36. The molecular formula is C25H18Cl2N2O4. The van der Waals surface area contributed by atoms with Gasteiger partial charge in [-0.05, 0) is 59.9 Å². The summed E-state index contributed by atoms with van der Waals surface area (Å²) >= 11 is 12.0. The van der Waals surface area contributed by atoms with Crippen LogP contribution in [0, 0.1) is 16.0 Å². The van der Waals surface area contributed by atoms with Gasteiger partial charge in [-0.2, -0.15) is 0 Å². The SMILES string of the molecule is O=C(Oc1ccc2c(c1)[C@H]1C=CC[C@@H]1[C@H](c1ccc([N+](=O)[O-])cc1)N2)c1ccc(Cl)cc1Cl. The number of rotatable bonds is 4. The van der Waals surface area contributed by atoms with E-state index in [-0.39, 0.29) is 34.2 Å². The van der Waals surface area contributed by atoms with Gasteiger partial charge in [0.15, 0.2) is 0 Å². The molecule has 1 heterocycles. The summed E-state index contributed by atoms with van der Waals surface area (Å²) in [5, 5.41) is 15.2. The van der Waals surface area contributed by atoms with E-state index in [1.54, 1.807) is 12.1 Å². The van der Waals surface area contributed by atoms with E-state index in [1.165, 1.54) is 24.3 Å². The second-order valence-corrected chi connectivity index (χ2v) is 8.93. The molecular weight excluding hydrogens is 463 g/mol. The third-order valence-corrected chi connectivity index (χ3v) is 6.71. The summed E-state index contributed by atoms with van der Waals surface area (Å²) < 4.78 is 5.60. The first-order valence-corrected chi connectivity index (χ1v) is 11.1. The molecule has 0 spiro atoms. The van der Waals surface area contributed by atoms with Crippen LogP contribution in [0.5, 0.6) is 5.75 Å². The molecule has 0 bridgehead atoms. The average Bonchev–Trinajstić information content (AvgIpc) is 3.29. The van der Waals surface area contributed by atoms with Gasteiger partial charge in [-0.25, -0.2) is 4.79 Å². The predicted octanol–water partition coefficient (Wildman–Crippen LogP) is 6.95. The lowest BCUT2D eigenvalue weighted by Crippen LogP contribution is -2.29. The molecule has 33 heavy (non-hydrogen) atoms. The highest BCUT2D eigenvalue weighted by Crippen LogP contribution is 2.50. The van der Waals surface area contributed by atoms with Gasteiger partial charge in [-0.3, -0.25) is 10.1 Å². The molecule has 3 aromatic carbocycles. The average molecular weight is 481 g/mol. The first-order valence-electron chi connectivity index (χ1n) is 10.4. The lowest BCUT2D eigenvalue weighted by Gasteiger charge is -2.37. The number of nitrogens with one attached hydrogen (secondary N) is 1. The van der Waals surface area contributed by atoms with Crippen LogP contribution >= 0.6 is 23.2 Å². The van der Waals surface area contributed by atoms with Gasteiger partial charge in [-0.1, -0.05) is 47.5 Å². The second-order valence-electron chi connectivity index (χ2n) is 8.09. The van der Waals surface area contributed by atoms with Crippen molar-refractivity contribution in [3.05, 3.63) is 110 Å². The second kappa shape index (κ2) is 8.54. The summed E-state index contributed by atoms with van der Waals surface area (Å²) in [4.78, 5) is 23.2. The zero-order valence-corrected chi connectivity index (χ0v) is 18.7. The minimum absolute atomic E-state index is 0.0135. The molecule has 1 aliphatic carbocycles. The van der Waals surface area contributed by atoms with Gasteiger partial charge in [0.25, 0.3) is 5.69 Å². The van der Waals surface area contributed by atoms with Gasteiger partial charge in [0, 0.05) is 28.8 Å². The van der Waals surface area contributed by atoms with Gasteiger partial charge in [0.1, 0.15) is 5.75 Å².